The summed E-state index contributed by atoms with van der Waals surface area (Å²) < 4.78 is 50.0. The van der Waals surface area contributed by atoms with Crippen LogP contribution < -0.4 is 9.47 Å². The number of hydrogen-bond acceptors (Lipinski definition) is 6. The molecule has 0 spiro atoms. The third-order valence-corrected chi connectivity index (χ3v) is 8.04. The predicted molar refractivity (Wildman–Crippen MR) is 148 cm³/mol. The number of ether oxygens (including phenoxy) is 2. The first-order valence-corrected chi connectivity index (χ1v) is 14.1. The van der Waals surface area contributed by atoms with E-state index in [0.717, 1.165) is 11.1 Å². The molecule has 0 aliphatic heterocycles. The molecule has 0 unspecified atom stereocenters. The summed E-state index contributed by atoms with van der Waals surface area (Å²) >= 11 is 0. The van der Waals surface area contributed by atoms with Crippen molar-refractivity contribution in [3.63, 3.8) is 0 Å². The maximum atomic E-state index is 13.1. The van der Waals surface area contributed by atoms with Crippen molar-refractivity contribution in [2.75, 3.05) is 26.8 Å². The van der Waals surface area contributed by atoms with Crippen LogP contribution in [0.15, 0.2) is 113 Å². The standard InChI is InChI=1S/C31H32FNO5S/c1-37-29-8-5-9-31(20-29)39(35,36)30-16-10-24(11-17-30)18-19-33(21-25-6-3-2-4-7-25)22-27(34)23-38-28-14-12-26(32)13-15-28/h2-17,20,27,34H,18-19,21-23H2,1H3/t27-/m0/s1. The second-order valence-electron chi connectivity index (χ2n) is 9.22. The zero-order chi connectivity index (χ0) is 27.7. The van der Waals surface area contributed by atoms with Crippen molar-refractivity contribution in [3.8, 4) is 11.5 Å². The van der Waals surface area contributed by atoms with Gasteiger partial charge in [-0.25, -0.2) is 12.8 Å². The van der Waals surface area contributed by atoms with Gasteiger partial charge < -0.3 is 14.6 Å². The molecule has 6 nitrogen and oxygen atoms in total. The molecule has 0 heterocycles. The molecule has 39 heavy (non-hydrogen) atoms. The first kappa shape index (κ1) is 28.3. The van der Waals surface area contributed by atoms with Crippen LogP contribution in [0.1, 0.15) is 11.1 Å². The molecular formula is C31H32FNO5S. The molecule has 0 saturated carbocycles. The number of sulfone groups is 1. The lowest BCUT2D eigenvalue weighted by molar-refractivity contribution is 0.0659. The van der Waals surface area contributed by atoms with Crippen LogP contribution in [0.2, 0.25) is 0 Å². The molecule has 0 aliphatic rings. The van der Waals surface area contributed by atoms with Gasteiger partial charge in [0.25, 0.3) is 0 Å². The first-order valence-electron chi connectivity index (χ1n) is 12.6. The van der Waals surface area contributed by atoms with Gasteiger partial charge in [0.1, 0.15) is 30.0 Å². The van der Waals surface area contributed by atoms with E-state index < -0.39 is 15.9 Å². The van der Waals surface area contributed by atoms with Crippen LogP contribution in [-0.2, 0) is 22.8 Å². The predicted octanol–water partition coefficient (Wildman–Crippen LogP) is 5.15. The van der Waals surface area contributed by atoms with Gasteiger partial charge in [0.2, 0.25) is 9.84 Å². The van der Waals surface area contributed by atoms with Crippen molar-refractivity contribution >= 4 is 9.84 Å². The van der Waals surface area contributed by atoms with Gasteiger partial charge in [0.15, 0.2) is 0 Å². The molecule has 0 amide bonds. The smallest absolute Gasteiger partial charge is 0.206 e. The summed E-state index contributed by atoms with van der Waals surface area (Å²) in [7, 11) is -2.17. The van der Waals surface area contributed by atoms with Gasteiger partial charge in [0.05, 0.1) is 16.9 Å². The SMILES string of the molecule is COc1cccc(S(=O)(=O)c2ccc(CCN(Cc3ccccc3)C[C@H](O)COc3ccc(F)cc3)cc2)c1. The highest BCUT2D eigenvalue weighted by Gasteiger charge is 2.19. The van der Waals surface area contributed by atoms with Crippen LogP contribution >= 0.6 is 0 Å². The van der Waals surface area contributed by atoms with Crippen molar-refractivity contribution in [1.29, 1.82) is 0 Å². The maximum absolute atomic E-state index is 13.1. The quantitative estimate of drug-likeness (QED) is 0.249. The number of benzene rings is 4. The van der Waals surface area contributed by atoms with Crippen LogP contribution in [0, 0.1) is 5.82 Å². The second kappa shape index (κ2) is 13.4. The Morgan fingerprint density at radius 1 is 0.821 bits per heavy atom. The zero-order valence-electron chi connectivity index (χ0n) is 21.7. The van der Waals surface area contributed by atoms with Gasteiger partial charge in [0, 0.05) is 19.6 Å². The molecule has 1 N–H and O–H groups in total. The van der Waals surface area contributed by atoms with Gasteiger partial charge in [-0.05, 0) is 72.1 Å². The van der Waals surface area contributed by atoms with Crippen molar-refractivity contribution < 1.29 is 27.4 Å². The number of halogens is 1. The molecule has 1 atom stereocenters. The Morgan fingerprint density at radius 2 is 1.54 bits per heavy atom. The van der Waals surface area contributed by atoms with Crippen molar-refractivity contribution in [3.05, 3.63) is 120 Å². The van der Waals surface area contributed by atoms with Crippen LogP contribution in [0.3, 0.4) is 0 Å². The van der Waals surface area contributed by atoms with E-state index in [1.54, 1.807) is 30.3 Å². The van der Waals surface area contributed by atoms with Crippen molar-refractivity contribution in [2.45, 2.75) is 28.9 Å². The minimum atomic E-state index is -3.67. The second-order valence-corrected chi connectivity index (χ2v) is 11.2. The first-order chi connectivity index (χ1) is 18.8. The summed E-state index contributed by atoms with van der Waals surface area (Å²) in [6, 6.07) is 29.0. The van der Waals surface area contributed by atoms with E-state index >= 15 is 0 Å². The lowest BCUT2D eigenvalue weighted by atomic mass is 10.1. The fourth-order valence-electron chi connectivity index (χ4n) is 4.18. The molecule has 4 rings (SSSR count). The normalized spacial score (nSPS) is 12.3. The number of hydrogen-bond donors (Lipinski definition) is 1. The van der Waals surface area contributed by atoms with Crippen molar-refractivity contribution in [1.82, 2.24) is 4.90 Å². The molecule has 4 aromatic carbocycles. The average Bonchev–Trinajstić information content (AvgIpc) is 2.96. The molecule has 0 bridgehead atoms. The molecule has 0 aliphatic carbocycles. The van der Waals surface area contributed by atoms with Gasteiger partial charge in [-0.1, -0.05) is 48.5 Å². The summed E-state index contributed by atoms with van der Waals surface area (Å²) in [5.74, 6) is 0.633. The van der Waals surface area contributed by atoms with E-state index in [1.165, 1.54) is 37.4 Å². The summed E-state index contributed by atoms with van der Waals surface area (Å²) in [6.07, 6.45) is -0.0909. The van der Waals surface area contributed by atoms with Crippen LogP contribution in [0.4, 0.5) is 4.39 Å². The van der Waals surface area contributed by atoms with E-state index in [4.69, 9.17) is 9.47 Å². The summed E-state index contributed by atoms with van der Waals surface area (Å²) in [5, 5.41) is 10.7. The van der Waals surface area contributed by atoms with E-state index in [9.17, 15) is 17.9 Å². The highest BCUT2D eigenvalue weighted by molar-refractivity contribution is 7.91. The lowest BCUT2D eigenvalue weighted by Gasteiger charge is -2.25. The van der Waals surface area contributed by atoms with Gasteiger partial charge in [-0.3, -0.25) is 4.90 Å². The minimum absolute atomic E-state index is 0.0771. The summed E-state index contributed by atoms with van der Waals surface area (Å²) in [6.45, 7) is 1.73. The third-order valence-electron chi connectivity index (χ3n) is 6.28. The number of rotatable bonds is 13. The molecule has 0 saturated heterocycles. The Labute approximate surface area is 229 Å². The molecule has 0 aromatic heterocycles. The molecule has 0 fully saturated rings. The summed E-state index contributed by atoms with van der Waals surface area (Å²) in [5.41, 5.74) is 2.10. The number of methoxy groups -OCH3 is 1. The highest BCUT2D eigenvalue weighted by Crippen LogP contribution is 2.24. The summed E-state index contributed by atoms with van der Waals surface area (Å²) in [4.78, 5) is 2.53. The minimum Gasteiger partial charge on any atom is -0.497 e. The Bertz CT molecular complexity index is 1430. The van der Waals surface area contributed by atoms with E-state index in [0.29, 0.717) is 37.6 Å². The van der Waals surface area contributed by atoms with Gasteiger partial charge >= 0.3 is 0 Å². The Kier molecular flexibility index (Phi) is 9.70. The van der Waals surface area contributed by atoms with Crippen LogP contribution in [0.5, 0.6) is 11.5 Å². The fourth-order valence-corrected chi connectivity index (χ4v) is 5.47. The van der Waals surface area contributed by atoms with E-state index in [1.807, 2.05) is 42.5 Å². The van der Waals surface area contributed by atoms with Crippen molar-refractivity contribution in [2.24, 2.45) is 0 Å². The number of aliphatic hydroxyl groups is 1. The Morgan fingerprint density at radius 3 is 2.23 bits per heavy atom. The van der Waals surface area contributed by atoms with Crippen LogP contribution in [-0.4, -0.2) is 51.3 Å². The van der Waals surface area contributed by atoms with E-state index in [2.05, 4.69) is 4.90 Å². The van der Waals surface area contributed by atoms with E-state index in [-0.39, 0.29) is 22.2 Å². The maximum Gasteiger partial charge on any atom is 0.206 e. The third kappa shape index (κ3) is 8.13. The van der Waals surface area contributed by atoms with Gasteiger partial charge in [-0.15, -0.1) is 0 Å². The monoisotopic (exact) mass is 549 g/mol. The molecule has 8 heteroatoms. The average molecular weight is 550 g/mol. The highest BCUT2D eigenvalue weighted by atomic mass is 32.2. The fraction of sp³-hybridized carbons (Fsp3) is 0.226. The molecule has 0 radical (unpaired) electrons. The number of nitrogens with zero attached hydrogens (tertiary/aromatic N) is 1. The largest absolute Gasteiger partial charge is 0.497 e. The molecule has 4 aromatic rings. The number of aliphatic hydroxyl groups excluding tert-OH is 1. The topological polar surface area (TPSA) is 76.1 Å². The zero-order valence-corrected chi connectivity index (χ0v) is 22.6. The Balaban J connectivity index is 1.39. The Hall–Kier alpha value is -3.72. The molecular weight excluding hydrogens is 517 g/mol. The van der Waals surface area contributed by atoms with Crippen LogP contribution in [0.25, 0.3) is 0 Å². The molecule has 204 valence electrons. The van der Waals surface area contributed by atoms with Gasteiger partial charge in [-0.2, -0.15) is 0 Å². The lowest BCUT2D eigenvalue weighted by Crippen LogP contribution is -2.36.